The molecule has 1 aliphatic heterocycles. The van der Waals surface area contributed by atoms with Crippen molar-refractivity contribution in [3.8, 4) is 0 Å². The number of rotatable bonds is 3. The van der Waals surface area contributed by atoms with E-state index in [-0.39, 0.29) is 0 Å². The molecular weight excluding hydrogens is 206 g/mol. The van der Waals surface area contributed by atoms with Crippen LogP contribution in [0.4, 0.5) is 0 Å². The van der Waals surface area contributed by atoms with Crippen LogP contribution in [0, 0.1) is 5.92 Å². The summed E-state index contributed by atoms with van der Waals surface area (Å²) >= 11 is 0. The molecule has 4 heteroatoms. The van der Waals surface area contributed by atoms with E-state index in [1.54, 1.807) is 4.90 Å². The molecule has 86 valence electrons. The van der Waals surface area contributed by atoms with E-state index in [4.69, 9.17) is 5.11 Å². The largest absolute Gasteiger partial charge is 0.481 e. The third-order valence-electron chi connectivity index (χ3n) is 2.95. The minimum Gasteiger partial charge on any atom is -0.481 e. The van der Waals surface area contributed by atoms with Crippen molar-refractivity contribution in [2.75, 3.05) is 6.54 Å². The number of hydrogen-bond donors (Lipinski definition) is 2. The topological polar surface area (TPSA) is 60.8 Å². The van der Waals surface area contributed by atoms with Crippen molar-refractivity contribution >= 4 is 5.97 Å². The van der Waals surface area contributed by atoms with Gasteiger partial charge < -0.3 is 10.2 Å². The number of carboxylic acid groups (broad SMARTS) is 1. The first-order chi connectivity index (χ1) is 7.66. The molecule has 2 N–H and O–H groups in total. The number of carbonyl (C=O) groups is 1. The van der Waals surface area contributed by atoms with Gasteiger partial charge in [-0.2, -0.15) is 0 Å². The summed E-state index contributed by atoms with van der Waals surface area (Å²) in [6.45, 7) is 1.02. The molecule has 1 aromatic carbocycles. The van der Waals surface area contributed by atoms with Gasteiger partial charge in [0.2, 0.25) is 0 Å². The maximum atomic E-state index is 10.8. The molecule has 2 rings (SSSR count). The zero-order valence-electron chi connectivity index (χ0n) is 8.91. The molecule has 0 saturated carbocycles. The number of nitrogens with zero attached hydrogens (tertiary/aromatic N) is 1. The molecule has 2 unspecified atom stereocenters. The second kappa shape index (κ2) is 4.63. The smallest absolute Gasteiger partial charge is 0.307 e. The zero-order valence-corrected chi connectivity index (χ0v) is 8.91. The Balaban J connectivity index is 1.99. The minimum absolute atomic E-state index is 0.322. The third kappa shape index (κ3) is 2.40. The van der Waals surface area contributed by atoms with E-state index in [9.17, 15) is 9.90 Å². The Kier molecular flexibility index (Phi) is 3.22. The van der Waals surface area contributed by atoms with Crippen molar-refractivity contribution < 1.29 is 15.0 Å². The SMILES string of the molecule is O=C(O)C1CC(O)N(Cc2ccccc2)C1. The molecule has 1 aliphatic rings. The zero-order chi connectivity index (χ0) is 11.5. The maximum Gasteiger partial charge on any atom is 0.307 e. The number of likely N-dealkylation sites (tertiary alicyclic amines) is 1. The lowest BCUT2D eigenvalue weighted by Gasteiger charge is -2.19. The van der Waals surface area contributed by atoms with E-state index in [0.29, 0.717) is 19.5 Å². The van der Waals surface area contributed by atoms with Crippen molar-refractivity contribution in [3.63, 3.8) is 0 Å². The van der Waals surface area contributed by atoms with Gasteiger partial charge in [0.15, 0.2) is 0 Å². The molecule has 0 radical (unpaired) electrons. The Bertz CT molecular complexity index is 366. The van der Waals surface area contributed by atoms with Crippen LogP contribution in [0.1, 0.15) is 12.0 Å². The standard InChI is InChI=1S/C12H15NO3/c14-11-6-10(12(15)16)8-13(11)7-9-4-2-1-3-5-9/h1-5,10-11,14H,6-8H2,(H,15,16). The van der Waals surface area contributed by atoms with E-state index in [1.807, 2.05) is 30.3 Å². The Morgan fingerprint density at radius 1 is 1.38 bits per heavy atom. The molecule has 0 bridgehead atoms. The van der Waals surface area contributed by atoms with E-state index in [1.165, 1.54) is 0 Å². The summed E-state index contributed by atoms with van der Waals surface area (Å²) in [5.74, 6) is -1.27. The van der Waals surface area contributed by atoms with Crippen LogP contribution < -0.4 is 0 Å². The quantitative estimate of drug-likeness (QED) is 0.796. The summed E-state index contributed by atoms with van der Waals surface area (Å²) in [5.41, 5.74) is 1.09. The number of hydrogen-bond acceptors (Lipinski definition) is 3. The summed E-state index contributed by atoms with van der Waals surface area (Å²) < 4.78 is 0. The van der Waals surface area contributed by atoms with Gasteiger partial charge in [-0.1, -0.05) is 30.3 Å². The lowest BCUT2D eigenvalue weighted by Crippen LogP contribution is -2.29. The fraction of sp³-hybridized carbons (Fsp3) is 0.417. The van der Waals surface area contributed by atoms with E-state index < -0.39 is 18.1 Å². The monoisotopic (exact) mass is 221 g/mol. The van der Waals surface area contributed by atoms with Crippen LogP contribution in [0.5, 0.6) is 0 Å². The van der Waals surface area contributed by atoms with Gasteiger partial charge in [-0.25, -0.2) is 0 Å². The van der Waals surface area contributed by atoms with Crippen molar-refractivity contribution in [2.24, 2.45) is 5.92 Å². The lowest BCUT2D eigenvalue weighted by atomic mass is 10.1. The molecule has 0 spiro atoms. The summed E-state index contributed by atoms with van der Waals surface area (Å²) in [6, 6.07) is 9.75. The number of carboxylic acids is 1. The second-order valence-corrected chi connectivity index (χ2v) is 4.17. The highest BCUT2D eigenvalue weighted by Gasteiger charge is 2.34. The van der Waals surface area contributed by atoms with Crippen LogP contribution in [0.3, 0.4) is 0 Å². The highest BCUT2D eigenvalue weighted by Crippen LogP contribution is 2.23. The Labute approximate surface area is 94.1 Å². The van der Waals surface area contributed by atoms with Crippen molar-refractivity contribution in [1.29, 1.82) is 0 Å². The fourth-order valence-corrected chi connectivity index (χ4v) is 2.05. The van der Waals surface area contributed by atoms with E-state index >= 15 is 0 Å². The molecule has 1 saturated heterocycles. The van der Waals surface area contributed by atoms with Gasteiger partial charge in [-0.05, 0) is 5.56 Å². The van der Waals surface area contributed by atoms with Crippen molar-refractivity contribution in [2.45, 2.75) is 19.2 Å². The Hall–Kier alpha value is -1.39. The average Bonchev–Trinajstić information content (AvgIpc) is 2.62. The van der Waals surface area contributed by atoms with Crippen LogP contribution in [0.25, 0.3) is 0 Å². The van der Waals surface area contributed by atoms with Crippen molar-refractivity contribution in [1.82, 2.24) is 4.90 Å². The van der Waals surface area contributed by atoms with Gasteiger partial charge in [-0.15, -0.1) is 0 Å². The van der Waals surface area contributed by atoms with Crippen molar-refractivity contribution in [3.05, 3.63) is 35.9 Å². The van der Waals surface area contributed by atoms with Gasteiger partial charge in [0.05, 0.1) is 5.92 Å². The Morgan fingerprint density at radius 2 is 2.06 bits per heavy atom. The normalized spacial score (nSPS) is 25.8. The predicted molar refractivity (Wildman–Crippen MR) is 58.6 cm³/mol. The third-order valence-corrected chi connectivity index (χ3v) is 2.95. The van der Waals surface area contributed by atoms with Gasteiger partial charge in [0.25, 0.3) is 0 Å². The molecule has 1 fully saturated rings. The molecule has 16 heavy (non-hydrogen) atoms. The summed E-state index contributed by atoms with van der Waals surface area (Å²) in [6.07, 6.45) is -0.316. The molecule has 4 nitrogen and oxygen atoms in total. The average molecular weight is 221 g/mol. The second-order valence-electron chi connectivity index (χ2n) is 4.17. The minimum atomic E-state index is -0.824. The molecule has 2 atom stereocenters. The van der Waals surface area contributed by atoms with E-state index in [2.05, 4.69) is 0 Å². The van der Waals surface area contributed by atoms with Crippen LogP contribution in [-0.4, -0.2) is 33.9 Å². The molecule has 0 aliphatic carbocycles. The van der Waals surface area contributed by atoms with Crippen LogP contribution in [0.15, 0.2) is 30.3 Å². The summed E-state index contributed by atoms with van der Waals surface area (Å²) in [7, 11) is 0. The summed E-state index contributed by atoms with van der Waals surface area (Å²) in [5, 5.41) is 18.6. The Morgan fingerprint density at radius 3 is 2.62 bits per heavy atom. The first kappa shape index (κ1) is 11.1. The van der Waals surface area contributed by atoms with Gasteiger partial charge in [0, 0.05) is 19.5 Å². The van der Waals surface area contributed by atoms with Crippen LogP contribution in [-0.2, 0) is 11.3 Å². The van der Waals surface area contributed by atoms with Gasteiger partial charge in [-0.3, -0.25) is 9.69 Å². The number of aliphatic carboxylic acids is 1. The van der Waals surface area contributed by atoms with Crippen LogP contribution in [0.2, 0.25) is 0 Å². The first-order valence-electron chi connectivity index (χ1n) is 5.35. The molecule has 1 heterocycles. The number of benzene rings is 1. The van der Waals surface area contributed by atoms with E-state index in [0.717, 1.165) is 5.56 Å². The lowest BCUT2D eigenvalue weighted by molar-refractivity contribution is -0.141. The number of aliphatic hydroxyl groups is 1. The molecule has 0 aromatic heterocycles. The first-order valence-corrected chi connectivity index (χ1v) is 5.35. The van der Waals surface area contributed by atoms with Gasteiger partial charge >= 0.3 is 5.97 Å². The predicted octanol–water partition coefficient (Wildman–Crippen LogP) is 0.911. The molecule has 0 amide bonds. The molecular formula is C12H15NO3. The fourth-order valence-electron chi connectivity index (χ4n) is 2.05. The highest BCUT2D eigenvalue weighted by molar-refractivity contribution is 5.70. The van der Waals surface area contributed by atoms with Crippen LogP contribution >= 0.6 is 0 Å². The summed E-state index contributed by atoms with van der Waals surface area (Å²) in [4.78, 5) is 12.6. The number of aliphatic hydroxyl groups excluding tert-OH is 1. The highest BCUT2D eigenvalue weighted by atomic mass is 16.4. The molecule has 1 aromatic rings. The maximum absolute atomic E-state index is 10.8. The van der Waals surface area contributed by atoms with Gasteiger partial charge in [0.1, 0.15) is 6.23 Å².